The Morgan fingerprint density at radius 1 is 1.47 bits per heavy atom. The molecule has 1 unspecified atom stereocenters. The maximum absolute atomic E-state index is 11.7. The number of aliphatic hydroxyl groups excluding tert-OH is 1. The van der Waals surface area contributed by atoms with Gasteiger partial charge in [0.15, 0.2) is 0 Å². The predicted octanol–water partition coefficient (Wildman–Crippen LogP) is 2.53. The van der Waals surface area contributed by atoms with Gasteiger partial charge in [0.25, 0.3) is 0 Å². The van der Waals surface area contributed by atoms with Crippen LogP contribution in [-0.2, 0) is 4.79 Å². The summed E-state index contributed by atoms with van der Waals surface area (Å²) < 4.78 is 0. The number of nitrogens with one attached hydrogen (secondary N) is 1. The molecule has 0 saturated carbocycles. The minimum absolute atomic E-state index is 0.0853. The topological polar surface area (TPSA) is 49.3 Å². The van der Waals surface area contributed by atoms with E-state index in [-0.39, 0.29) is 12.5 Å². The summed E-state index contributed by atoms with van der Waals surface area (Å²) in [5.74, 6) is 0.263. The molecule has 0 aliphatic carbocycles. The lowest BCUT2D eigenvalue weighted by Gasteiger charge is -2.13. The van der Waals surface area contributed by atoms with Gasteiger partial charge < -0.3 is 10.4 Å². The largest absolute Gasteiger partial charge is 0.396 e. The Hall–Kier alpha value is -1.61. The van der Waals surface area contributed by atoms with Crippen LogP contribution in [0.3, 0.4) is 0 Å². The number of aryl methyl sites for hydroxylation is 1. The Kier molecular flexibility index (Phi) is 6.90. The van der Waals surface area contributed by atoms with Crippen molar-refractivity contribution in [2.24, 2.45) is 5.92 Å². The highest BCUT2D eigenvalue weighted by Gasteiger charge is 2.06. The van der Waals surface area contributed by atoms with Crippen LogP contribution in [0.4, 0.5) is 0 Å². The number of hydrogen-bond donors (Lipinski definition) is 2. The second-order valence-electron chi connectivity index (χ2n) is 4.78. The lowest BCUT2D eigenvalue weighted by atomic mass is 10.0. The SMILES string of the molecule is CCC(CCO)CNC(=O)C=Cc1cccc(C)c1. The van der Waals surface area contributed by atoms with Crippen molar-refractivity contribution in [2.45, 2.75) is 26.7 Å². The van der Waals surface area contributed by atoms with Crippen molar-refractivity contribution in [2.75, 3.05) is 13.2 Å². The van der Waals surface area contributed by atoms with E-state index in [2.05, 4.69) is 12.2 Å². The summed E-state index contributed by atoms with van der Waals surface area (Å²) in [7, 11) is 0. The fourth-order valence-corrected chi connectivity index (χ4v) is 1.88. The van der Waals surface area contributed by atoms with Crippen LogP contribution in [0.1, 0.15) is 30.9 Å². The quantitative estimate of drug-likeness (QED) is 0.741. The van der Waals surface area contributed by atoms with E-state index in [0.717, 1.165) is 18.4 Å². The van der Waals surface area contributed by atoms with Crippen LogP contribution in [-0.4, -0.2) is 24.2 Å². The van der Waals surface area contributed by atoms with Crippen molar-refractivity contribution in [1.82, 2.24) is 5.32 Å². The van der Waals surface area contributed by atoms with E-state index in [9.17, 15) is 4.79 Å². The highest BCUT2D eigenvalue weighted by Crippen LogP contribution is 2.07. The van der Waals surface area contributed by atoms with Crippen molar-refractivity contribution >= 4 is 12.0 Å². The molecule has 0 saturated heterocycles. The molecule has 3 nitrogen and oxygen atoms in total. The number of aliphatic hydroxyl groups is 1. The molecule has 0 aromatic heterocycles. The first kappa shape index (κ1) is 15.4. The summed E-state index contributed by atoms with van der Waals surface area (Å²) in [6, 6.07) is 8.00. The van der Waals surface area contributed by atoms with Gasteiger partial charge in [-0.25, -0.2) is 0 Å². The van der Waals surface area contributed by atoms with Crippen molar-refractivity contribution in [3.8, 4) is 0 Å². The molecule has 2 N–H and O–H groups in total. The molecule has 1 atom stereocenters. The van der Waals surface area contributed by atoms with E-state index in [1.165, 1.54) is 5.56 Å². The molecule has 104 valence electrons. The highest BCUT2D eigenvalue weighted by atomic mass is 16.3. The summed E-state index contributed by atoms with van der Waals surface area (Å²) >= 11 is 0. The number of carbonyl (C=O) groups is 1. The van der Waals surface area contributed by atoms with Gasteiger partial charge in [-0.3, -0.25) is 4.79 Å². The zero-order valence-electron chi connectivity index (χ0n) is 11.7. The smallest absolute Gasteiger partial charge is 0.244 e. The fraction of sp³-hybridized carbons (Fsp3) is 0.438. The third-order valence-electron chi connectivity index (χ3n) is 3.15. The van der Waals surface area contributed by atoms with E-state index in [0.29, 0.717) is 12.5 Å². The van der Waals surface area contributed by atoms with Crippen LogP contribution in [0, 0.1) is 12.8 Å². The Morgan fingerprint density at radius 3 is 2.89 bits per heavy atom. The van der Waals surface area contributed by atoms with E-state index >= 15 is 0 Å². The normalized spacial score (nSPS) is 12.6. The van der Waals surface area contributed by atoms with Crippen molar-refractivity contribution in [1.29, 1.82) is 0 Å². The van der Waals surface area contributed by atoms with Gasteiger partial charge in [0.2, 0.25) is 5.91 Å². The maximum Gasteiger partial charge on any atom is 0.244 e. The Balaban J connectivity index is 2.42. The Bertz CT molecular complexity index is 427. The third-order valence-corrected chi connectivity index (χ3v) is 3.15. The highest BCUT2D eigenvalue weighted by molar-refractivity contribution is 5.91. The summed E-state index contributed by atoms with van der Waals surface area (Å²) in [5.41, 5.74) is 2.20. The van der Waals surface area contributed by atoms with Gasteiger partial charge in [0.05, 0.1) is 0 Å². The molecule has 0 radical (unpaired) electrons. The van der Waals surface area contributed by atoms with Crippen LogP contribution >= 0.6 is 0 Å². The second-order valence-corrected chi connectivity index (χ2v) is 4.78. The van der Waals surface area contributed by atoms with Crippen molar-refractivity contribution in [3.05, 3.63) is 41.5 Å². The molecule has 0 aliphatic heterocycles. The Labute approximate surface area is 115 Å². The van der Waals surface area contributed by atoms with Gasteiger partial charge >= 0.3 is 0 Å². The molecule has 1 aromatic carbocycles. The lowest BCUT2D eigenvalue weighted by Crippen LogP contribution is -2.28. The average molecular weight is 261 g/mol. The van der Waals surface area contributed by atoms with Gasteiger partial charge in [-0.2, -0.15) is 0 Å². The summed E-state index contributed by atoms with van der Waals surface area (Å²) in [5, 5.41) is 11.8. The van der Waals surface area contributed by atoms with Crippen LogP contribution in [0.2, 0.25) is 0 Å². The van der Waals surface area contributed by atoms with E-state index in [4.69, 9.17) is 5.11 Å². The minimum Gasteiger partial charge on any atom is -0.396 e. The summed E-state index contributed by atoms with van der Waals surface area (Å²) in [6.07, 6.45) is 5.07. The second kappa shape index (κ2) is 8.48. The first-order chi connectivity index (χ1) is 9.15. The van der Waals surface area contributed by atoms with Crippen LogP contribution in [0.25, 0.3) is 6.08 Å². The summed E-state index contributed by atoms with van der Waals surface area (Å²) in [4.78, 5) is 11.7. The van der Waals surface area contributed by atoms with E-state index < -0.39 is 0 Å². The predicted molar refractivity (Wildman–Crippen MR) is 78.7 cm³/mol. The van der Waals surface area contributed by atoms with Gasteiger partial charge in [-0.15, -0.1) is 0 Å². The molecule has 19 heavy (non-hydrogen) atoms. The summed E-state index contributed by atoms with van der Waals surface area (Å²) in [6.45, 7) is 4.88. The number of benzene rings is 1. The molecule has 0 aliphatic rings. The van der Waals surface area contributed by atoms with Gasteiger partial charge in [-0.1, -0.05) is 43.2 Å². The minimum atomic E-state index is -0.0853. The number of rotatable bonds is 7. The molecule has 3 heteroatoms. The van der Waals surface area contributed by atoms with Gasteiger partial charge in [-0.05, 0) is 30.9 Å². The Morgan fingerprint density at radius 2 is 2.26 bits per heavy atom. The zero-order valence-corrected chi connectivity index (χ0v) is 11.7. The van der Waals surface area contributed by atoms with Crippen molar-refractivity contribution in [3.63, 3.8) is 0 Å². The molecule has 0 heterocycles. The molecule has 1 amide bonds. The monoisotopic (exact) mass is 261 g/mol. The maximum atomic E-state index is 11.7. The molecular weight excluding hydrogens is 238 g/mol. The molecule has 0 spiro atoms. The number of hydrogen-bond acceptors (Lipinski definition) is 2. The van der Waals surface area contributed by atoms with Crippen LogP contribution < -0.4 is 5.32 Å². The average Bonchev–Trinajstić information content (AvgIpc) is 2.41. The van der Waals surface area contributed by atoms with Crippen LogP contribution in [0.5, 0.6) is 0 Å². The molecular formula is C16H23NO2. The molecule has 0 fully saturated rings. The van der Waals surface area contributed by atoms with Gasteiger partial charge in [0.1, 0.15) is 0 Å². The molecule has 0 bridgehead atoms. The first-order valence-corrected chi connectivity index (χ1v) is 6.79. The van der Waals surface area contributed by atoms with Crippen molar-refractivity contribution < 1.29 is 9.90 Å². The molecule has 1 aromatic rings. The van der Waals surface area contributed by atoms with Crippen LogP contribution in [0.15, 0.2) is 30.3 Å². The third kappa shape index (κ3) is 6.20. The fourth-order valence-electron chi connectivity index (χ4n) is 1.88. The number of carbonyl (C=O) groups excluding carboxylic acids is 1. The zero-order chi connectivity index (χ0) is 14.1. The van der Waals surface area contributed by atoms with Gasteiger partial charge in [0, 0.05) is 19.2 Å². The number of amides is 1. The first-order valence-electron chi connectivity index (χ1n) is 6.79. The standard InChI is InChI=1S/C16H23NO2/c1-3-14(9-10-18)12-17-16(19)8-7-15-6-4-5-13(2)11-15/h4-8,11,14,18H,3,9-10,12H2,1-2H3,(H,17,19). The van der Waals surface area contributed by atoms with E-state index in [1.807, 2.05) is 37.3 Å². The van der Waals surface area contributed by atoms with E-state index in [1.54, 1.807) is 6.08 Å². The molecule has 1 rings (SSSR count). The lowest BCUT2D eigenvalue weighted by molar-refractivity contribution is -0.116.